The number of allylic oxidation sites excluding steroid dienone is 4. The number of Topliss-reactive ketones (excluding diaryl/α,β-unsaturated/α-hetero) is 2. The fourth-order valence-corrected chi connectivity index (χ4v) is 3.42. The first kappa shape index (κ1) is 17.8. The van der Waals surface area contributed by atoms with Gasteiger partial charge in [0.05, 0.1) is 10.0 Å². The highest BCUT2D eigenvalue weighted by atomic mass is 35.5. The van der Waals surface area contributed by atoms with Gasteiger partial charge in [0.1, 0.15) is 0 Å². The number of benzene rings is 1. The van der Waals surface area contributed by atoms with Crippen LogP contribution in [-0.4, -0.2) is 23.5 Å². The van der Waals surface area contributed by atoms with Crippen LogP contribution in [-0.2, 0) is 9.59 Å². The Bertz CT molecular complexity index is 724. The van der Waals surface area contributed by atoms with Crippen LogP contribution in [0, 0.1) is 0 Å². The number of ketones is 2. The van der Waals surface area contributed by atoms with Crippen molar-refractivity contribution in [1.29, 1.82) is 0 Å². The van der Waals surface area contributed by atoms with E-state index >= 15 is 0 Å². The molecule has 23 heavy (non-hydrogen) atoms. The first-order valence-electron chi connectivity index (χ1n) is 7.28. The minimum absolute atomic E-state index is 0.0586. The van der Waals surface area contributed by atoms with Gasteiger partial charge < -0.3 is 4.90 Å². The summed E-state index contributed by atoms with van der Waals surface area (Å²) in [6.45, 7) is 6.83. The van der Waals surface area contributed by atoms with Crippen LogP contribution in [0.3, 0.4) is 0 Å². The average molecular weight is 352 g/mol. The van der Waals surface area contributed by atoms with Gasteiger partial charge in [-0.1, -0.05) is 29.3 Å². The summed E-state index contributed by atoms with van der Waals surface area (Å²) in [5.41, 5.74) is 3.71. The van der Waals surface area contributed by atoms with Crippen molar-refractivity contribution < 1.29 is 9.59 Å². The maximum Gasteiger partial charge on any atom is 0.158 e. The van der Waals surface area contributed by atoms with Gasteiger partial charge in [0.2, 0.25) is 0 Å². The lowest BCUT2D eigenvalue weighted by Crippen LogP contribution is -2.31. The number of carbonyl (C=O) groups excluding carboxylic acids is 2. The van der Waals surface area contributed by atoms with Crippen molar-refractivity contribution in [3.8, 4) is 0 Å². The van der Waals surface area contributed by atoms with E-state index in [9.17, 15) is 9.59 Å². The number of hydrogen-bond acceptors (Lipinski definition) is 3. The van der Waals surface area contributed by atoms with E-state index in [1.54, 1.807) is 12.1 Å². The molecule has 122 valence electrons. The standard InChI is InChI=1S/C18H19Cl2NO2/c1-9-16(11(3)22)18(13-6-7-14(19)15(20)8-13)17(12(4)23)10(2)21(9)5/h6-8,18H,1-5H3. The quantitative estimate of drug-likeness (QED) is 0.788. The molecule has 2 rings (SSSR count). The highest BCUT2D eigenvalue weighted by molar-refractivity contribution is 6.42. The highest BCUT2D eigenvalue weighted by Gasteiger charge is 2.35. The van der Waals surface area contributed by atoms with Gasteiger partial charge in [0, 0.05) is 35.5 Å². The molecule has 0 atom stereocenters. The van der Waals surface area contributed by atoms with Crippen LogP contribution in [0.5, 0.6) is 0 Å². The van der Waals surface area contributed by atoms with Crippen molar-refractivity contribution in [2.45, 2.75) is 33.6 Å². The van der Waals surface area contributed by atoms with E-state index in [0.29, 0.717) is 21.2 Å². The number of carbonyl (C=O) groups is 2. The van der Waals surface area contributed by atoms with Crippen molar-refractivity contribution in [3.05, 3.63) is 56.3 Å². The topological polar surface area (TPSA) is 37.4 Å². The summed E-state index contributed by atoms with van der Waals surface area (Å²) in [5, 5.41) is 0.850. The van der Waals surface area contributed by atoms with Gasteiger partial charge in [-0.2, -0.15) is 0 Å². The normalized spacial score (nSPS) is 16.2. The van der Waals surface area contributed by atoms with Crippen LogP contribution in [0.25, 0.3) is 0 Å². The second-order valence-electron chi connectivity index (χ2n) is 5.78. The fourth-order valence-electron chi connectivity index (χ4n) is 3.12. The summed E-state index contributed by atoms with van der Waals surface area (Å²) in [5.74, 6) is -0.538. The van der Waals surface area contributed by atoms with Crippen LogP contribution < -0.4 is 0 Å². The molecule has 0 saturated heterocycles. The smallest absolute Gasteiger partial charge is 0.158 e. The zero-order valence-electron chi connectivity index (χ0n) is 13.8. The molecule has 0 unspecified atom stereocenters. The molecule has 1 aromatic rings. The van der Waals surface area contributed by atoms with Crippen LogP contribution >= 0.6 is 23.2 Å². The molecule has 0 amide bonds. The van der Waals surface area contributed by atoms with Crippen molar-refractivity contribution in [2.24, 2.45) is 0 Å². The minimum atomic E-state index is -0.420. The van der Waals surface area contributed by atoms with Crippen molar-refractivity contribution in [2.75, 3.05) is 7.05 Å². The Kier molecular flexibility index (Phi) is 5.02. The first-order chi connectivity index (χ1) is 10.7. The molecule has 0 aliphatic carbocycles. The van der Waals surface area contributed by atoms with E-state index in [1.807, 2.05) is 31.9 Å². The Balaban J connectivity index is 2.78. The SMILES string of the molecule is CC(=O)C1=C(C)N(C)C(C)=C(C(C)=O)C1c1ccc(Cl)c(Cl)c1. The summed E-state index contributed by atoms with van der Waals surface area (Å²) < 4.78 is 0. The number of nitrogens with zero attached hydrogens (tertiary/aromatic N) is 1. The highest BCUT2D eigenvalue weighted by Crippen LogP contribution is 2.43. The first-order valence-corrected chi connectivity index (χ1v) is 8.04. The van der Waals surface area contributed by atoms with Gasteiger partial charge in [-0.15, -0.1) is 0 Å². The van der Waals surface area contributed by atoms with E-state index in [1.165, 1.54) is 13.8 Å². The molecule has 5 heteroatoms. The Hall–Kier alpha value is -1.58. The summed E-state index contributed by atoms with van der Waals surface area (Å²) in [7, 11) is 1.86. The average Bonchev–Trinajstić information content (AvgIpc) is 2.46. The zero-order chi connectivity index (χ0) is 17.5. The van der Waals surface area contributed by atoms with Crippen LogP contribution in [0.1, 0.15) is 39.2 Å². The molecule has 3 nitrogen and oxygen atoms in total. The maximum absolute atomic E-state index is 12.3. The molecule has 1 aliphatic heterocycles. The lowest BCUT2D eigenvalue weighted by Gasteiger charge is -2.36. The predicted octanol–water partition coefficient (Wildman–Crippen LogP) is 4.75. The molecule has 0 bridgehead atoms. The molecule has 0 N–H and O–H groups in total. The summed E-state index contributed by atoms with van der Waals surface area (Å²) >= 11 is 12.1. The summed E-state index contributed by atoms with van der Waals surface area (Å²) in [6.07, 6.45) is 0. The van der Waals surface area contributed by atoms with Crippen molar-refractivity contribution >= 4 is 34.8 Å². The van der Waals surface area contributed by atoms with Gasteiger partial charge in [0.15, 0.2) is 11.6 Å². The van der Waals surface area contributed by atoms with E-state index in [2.05, 4.69) is 0 Å². The third kappa shape index (κ3) is 3.08. The van der Waals surface area contributed by atoms with E-state index in [0.717, 1.165) is 17.0 Å². The Morgan fingerprint density at radius 1 is 0.957 bits per heavy atom. The molecular formula is C18H19Cl2NO2. The largest absolute Gasteiger partial charge is 0.351 e. The molecule has 0 fully saturated rings. The molecule has 0 saturated carbocycles. The van der Waals surface area contributed by atoms with Gasteiger partial charge in [-0.05, 0) is 45.4 Å². The molecule has 0 aromatic heterocycles. The monoisotopic (exact) mass is 351 g/mol. The predicted molar refractivity (Wildman–Crippen MR) is 93.7 cm³/mol. The second-order valence-corrected chi connectivity index (χ2v) is 6.59. The third-order valence-electron chi connectivity index (χ3n) is 4.40. The molecular weight excluding hydrogens is 333 g/mol. The van der Waals surface area contributed by atoms with E-state index < -0.39 is 5.92 Å². The van der Waals surface area contributed by atoms with Crippen LogP contribution in [0.4, 0.5) is 0 Å². The van der Waals surface area contributed by atoms with Gasteiger partial charge in [0.25, 0.3) is 0 Å². The second kappa shape index (κ2) is 6.50. The number of rotatable bonds is 3. The Morgan fingerprint density at radius 2 is 1.43 bits per heavy atom. The van der Waals surface area contributed by atoms with Gasteiger partial charge in [-0.25, -0.2) is 0 Å². The molecule has 0 spiro atoms. The number of halogens is 2. The lowest BCUT2D eigenvalue weighted by molar-refractivity contribution is -0.114. The lowest BCUT2D eigenvalue weighted by atomic mass is 9.77. The molecule has 0 radical (unpaired) electrons. The zero-order valence-corrected chi connectivity index (χ0v) is 15.3. The van der Waals surface area contributed by atoms with Crippen LogP contribution in [0.15, 0.2) is 40.7 Å². The summed E-state index contributed by atoms with van der Waals surface area (Å²) in [4.78, 5) is 26.5. The fraction of sp³-hybridized carbons (Fsp3) is 0.333. The maximum atomic E-state index is 12.3. The molecule has 1 heterocycles. The third-order valence-corrected chi connectivity index (χ3v) is 5.14. The Labute approximate surface area is 146 Å². The summed E-state index contributed by atoms with van der Waals surface area (Å²) in [6, 6.07) is 5.24. The van der Waals surface area contributed by atoms with Crippen LogP contribution in [0.2, 0.25) is 10.0 Å². The number of hydrogen-bond donors (Lipinski definition) is 0. The van der Waals surface area contributed by atoms with Crippen molar-refractivity contribution in [3.63, 3.8) is 0 Å². The molecule has 1 aromatic carbocycles. The minimum Gasteiger partial charge on any atom is -0.351 e. The van der Waals surface area contributed by atoms with E-state index in [4.69, 9.17) is 23.2 Å². The van der Waals surface area contributed by atoms with Crippen molar-refractivity contribution in [1.82, 2.24) is 4.90 Å². The van der Waals surface area contributed by atoms with E-state index in [-0.39, 0.29) is 11.6 Å². The molecule has 1 aliphatic rings. The Morgan fingerprint density at radius 3 is 1.83 bits per heavy atom. The van der Waals surface area contributed by atoms with Gasteiger partial charge >= 0.3 is 0 Å². The van der Waals surface area contributed by atoms with Gasteiger partial charge in [-0.3, -0.25) is 9.59 Å².